The van der Waals surface area contributed by atoms with Crippen molar-refractivity contribution in [2.24, 2.45) is 5.92 Å². The average Bonchev–Trinajstić information content (AvgIpc) is 3.74. The fourth-order valence-electron chi connectivity index (χ4n) is 8.74. The highest BCUT2D eigenvalue weighted by Crippen LogP contribution is 2.45. The van der Waals surface area contributed by atoms with E-state index in [1.807, 2.05) is 0 Å². The summed E-state index contributed by atoms with van der Waals surface area (Å²) in [6, 6.07) is 16.1. The van der Waals surface area contributed by atoms with Gasteiger partial charge in [0.15, 0.2) is 0 Å². The van der Waals surface area contributed by atoms with E-state index in [2.05, 4.69) is 49.7 Å². The number of piperidine rings is 2. The minimum absolute atomic E-state index is 0.0841. The summed E-state index contributed by atoms with van der Waals surface area (Å²) in [6.45, 7) is 2.75. The number of likely N-dealkylation sites (tertiary alicyclic amines) is 1. The van der Waals surface area contributed by atoms with E-state index in [-0.39, 0.29) is 17.4 Å². The molecule has 5 nitrogen and oxygen atoms in total. The van der Waals surface area contributed by atoms with Crippen LogP contribution in [0.25, 0.3) is 11.0 Å². The molecule has 3 aromatic rings. The van der Waals surface area contributed by atoms with E-state index in [9.17, 15) is 18.0 Å². The third kappa shape index (κ3) is 5.14. The first-order valence-corrected chi connectivity index (χ1v) is 15.9. The highest BCUT2D eigenvalue weighted by molar-refractivity contribution is 5.79. The van der Waals surface area contributed by atoms with Gasteiger partial charge in [0.1, 0.15) is 0 Å². The molecule has 4 fully saturated rings. The number of nitrogens with zero attached hydrogens (tertiary/aromatic N) is 4. The van der Waals surface area contributed by atoms with Gasteiger partial charge in [0.25, 0.3) is 0 Å². The molecule has 8 heteroatoms. The summed E-state index contributed by atoms with van der Waals surface area (Å²) in [5, 5.41) is 0. The monoisotopic (exact) mass is 578 g/mol. The summed E-state index contributed by atoms with van der Waals surface area (Å²) in [7, 11) is 0. The maximum Gasteiger partial charge on any atom is 0.416 e. The molecule has 1 aliphatic carbocycles. The maximum absolute atomic E-state index is 13.2. The Labute approximate surface area is 246 Å². The zero-order chi connectivity index (χ0) is 28.9. The number of hydrogen-bond donors (Lipinski definition) is 0. The van der Waals surface area contributed by atoms with Crippen molar-refractivity contribution in [2.75, 3.05) is 19.6 Å². The van der Waals surface area contributed by atoms with E-state index in [1.54, 1.807) is 12.4 Å². The van der Waals surface area contributed by atoms with Gasteiger partial charge in [-0.3, -0.25) is 9.69 Å². The van der Waals surface area contributed by atoms with Crippen LogP contribution in [-0.4, -0.2) is 57.0 Å². The minimum atomic E-state index is -4.36. The number of hydrogen-bond acceptors (Lipinski definition) is 3. The molecule has 0 spiro atoms. The minimum Gasteiger partial charge on any atom is -0.342 e. The van der Waals surface area contributed by atoms with Crippen LogP contribution in [-0.2, 0) is 16.4 Å². The lowest BCUT2D eigenvalue weighted by Crippen LogP contribution is -2.49. The molecule has 0 unspecified atom stereocenters. The fourth-order valence-corrected chi connectivity index (χ4v) is 8.74. The SMILES string of the molecule is O=C(C1CCCC1)N1CCC(CCN2[C@@H]3CC[C@H]2C[C@H](n2cnc4cc(C(F)(F)F)ccc42)C3)(c2ccccc2)CC1. The van der Waals surface area contributed by atoms with E-state index >= 15 is 0 Å². The number of aromatic nitrogens is 2. The topological polar surface area (TPSA) is 41.4 Å². The number of carbonyl (C=O) groups excluding carboxylic acids is 1. The van der Waals surface area contributed by atoms with Crippen molar-refractivity contribution in [1.29, 1.82) is 0 Å². The van der Waals surface area contributed by atoms with Gasteiger partial charge in [0, 0.05) is 37.1 Å². The summed E-state index contributed by atoms with van der Waals surface area (Å²) >= 11 is 0. The Balaban J connectivity index is 1.04. The summed E-state index contributed by atoms with van der Waals surface area (Å²) in [4.78, 5) is 22.4. The van der Waals surface area contributed by atoms with Crippen molar-refractivity contribution in [3.05, 3.63) is 66.0 Å². The number of carbonyl (C=O) groups is 1. The fraction of sp³-hybridized carbons (Fsp3) is 0.588. The van der Waals surface area contributed by atoms with Crippen LogP contribution in [0.4, 0.5) is 13.2 Å². The third-order valence-electron chi connectivity index (χ3n) is 11.1. The van der Waals surface area contributed by atoms with Crippen LogP contribution < -0.4 is 0 Å². The summed E-state index contributed by atoms with van der Waals surface area (Å²) < 4.78 is 41.8. The number of imidazole rings is 1. The van der Waals surface area contributed by atoms with Crippen molar-refractivity contribution in [3.63, 3.8) is 0 Å². The lowest BCUT2D eigenvalue weighted by Gasteiger charge is -2.46. The lowest BCUT2D eigenvalue weighted by atomic mass is 9.70. The maximum atomic E-state index is 13.2. The molecular formula is C34H41F3N4O. The van der Waals surface area contributed by atoms with Gasteiger partial charge in [-0.15, -0.1) is 0 Å². The average molecular weight is 579 g/mol. The van der Waals surface area contributed by atoms with E-state index in [1.165, 1.54) is 43.4 Å². The van der Waals surface area contributed by atoms with Crippen molar-refractivity contribution in [2.45, 2.75) is 100 Å². The molecule has 224 valence electrons. The largest absolute Gasteiger partial charge is 0.416 e. The van der Waals surface area contributed by atoms with Crippen molar-refractivity contribution in [1.82, 2.24) is 19.4 Å². The van der Waals surface area contributed by atoms with Crippen molar-refractivity contribution in [3.8, 4) is 0 Å². The Hall–Kier alpha value is -2.87. The molecule has 2 bridgehead atoms. The smallest absolute Gasteiger partial charge is 0.342 e. The lowest BCUT2D eigenvalue weighted by molar-refractivity contribution is -0.138. The molecule has 1 aromatic heterocycles. The summed E-state index contributed by atoms with van der Waals surface area (Å²) in [5.41, 5.74) is 2.06. The number of rotatable bonds is 6. The molecule has 0 radical (unpaired) electrons. The van der Waals surface area contributed by atoms with E-state index in [0.717, 1.165) is 70.1 Å². The Kier molecular flexibility index (Phi) is 7.32. The molecule has 1 amide bonds. The number of amides is 1. The molecule has 3 atom stereocenters. The van der Waals surface area contributed by atoms with Crippen LogP contribution in [0.5, 0.6) is 0 Å². The van der Waals surface area contributed by atoms with E-state index < -0.39 is 11.7 Å². The van der Waals surface area contributed by atoms with E-state index in [4.69, 9.17) is 0 Å². The highest BCUT2D eigenvalue weighted by atomic mass is 19.4. The molecule has 0 N–H and O–H groups in total. The molecular weight excluding hydrogens is 537 g/mol. The zero-order valence-corrected chi connectivity index (χ0v) is 24.2. The van der Waals surface area contributed by atoms with Crippen LogP contribution in [0.2, 0.25) is 0 Å². The molecule has 1 saturated carbocycles. The van der Waals surface area contributed by atoms with E-state index in [0.29, 0.717) is 23.5 Å². The van der Waals surface area contributed by atoms with Crippen LogP contribution in [0.3, 0.4) is 0 Å². The quantitative estimate of drug-likeness (QED) is 0.307. The van der Waals surface area contributed by atoms with Gasteiger partial charge < -0.3 is 9.47 Å². The van der Waals surface area contributed by atoms with Gasteiger partial charge in [-0.05, 0) is 93.5 Å². The molecule has 2 aromatic carbocycles. The highest BCUT2D eigenvalue weighted by Gasteiger charge is 2.44. The van der Waals surface area contributed by atoms with Gasteiger partial charge in [-0.1, -0.05) is 43.2 Å². The predicted octanol–water partition coefficient (Wildman–Crippen LogP) is 7.36. The van der Waals surface area contributed by atoms with Crippen LogP contribution >= 0.6 is 0 Å². The van der Waals surface area contributed by atoms with Crippen LogP contribution in [0.15, 0.2) is 54.9 Å². The molecule has 4 heterocycles. The number of benzene rings is 2. The second-order valence-corrected chi connectivity index (χ2v) is 13.3. The first-order chi connectivity index (χ1) is 20.3. The van der Waals surface area contributed by atoms with Gasteiger partial charge in [0.05, 0.1) is 22.9 Å². The summed E-state index contributed by atoms with van der Waals surface area (Å²) in [5.74, 6) is 0.626. The first kappa shape index (κ1) is 27.9. The Morgan fingerprint density at radius 3 is 2.26 bits per heavy atom. The predicted molar refractivity (Wildman–Crippen MR) is 157 cm³/mol. The normalized spacial score (nSPS) is 26.7. The van der Waals surface area contributed by atoms with Crippen molar-refractivity contribution >= 4 is 16.9 Å². The van der Waals surface area contributed by atoms with Gasteiger partial charge >= 0.3 is 6.18 Å². The number of alkyl halides is 3. The van der Waals surface area contributed by atoms with Crippen molar-refractivity contribution < 1.29 is 18.0 Å². The Morgan fingerprint density at radius 2 is 1.60 bits per heavy atom. The first-order valence-electron chi connectivity index (χ1n) is 15.9. The molecule has 7 rings (SSSR count). The Bertz CT molecular complexity index is 1390. The second-order valence-electron chi connectivity index (χ2n) is 13.3. The second kappa shape index (κ2) is 11.0. The van der Waals surface area contributed by atoms with Crippen LogP contribution in [0, 0.1) is 5.92 Å². The molecule has 3 aliphatic heterocycles. The summed E-state index contributed by atoms with van der Waals surface area (Å²) in [6.07, 6.45) is 9.36. The van der Waals surface area contributed by atoms with Gasteiger partial charge in [-0.2, -0.15) is 13.2 Å². The molecule has 4 aliphatic rings. The van der Waals surface area contributed by atoms with Gasteiger partial charge in [-0.25, -0.2) is 4.98 Å². The molecule has 3 saturated heterocycles. The standard InChI is InChI=1S/C34H41F3N4O/c35-34(36,37)26-10-13-31-30(20-26)38-23-41(31)29-21-27-11-12-28(22-29)40(27)19-16-33(25-8-2-1-3-9-25)14-17-39(18-15-33)32(42)24-6-4-5-7-24/h1-3,8-10,13,20,23-24,27-29H,4-7,11-12,14-19,21-22H2/t27-,28+,29-. The zero-order valence-electron chi connectivity index (χ0n) is 24.2. The van der Waals surface area contributed by atoms with Crippen LogP contribution in [0.1, 0.15) is 87.8 Å². The Morgan fingerprint density at radius 1 is 0.905 bits per heavy atom. The number of fused-ring (bicyclic) bond motifs is 3. The number of halogens is 3. The van der Waals surface area contributed by atoms with Gasteiger partial charge in [0.2, 0.25) is 5.91 Å². The molecule has 42 heavy (non-hydrogen) atoms. The third-order valence-corrected chi connectivity index (χ3v) is 11.1.